The molecule has 258 valence electrons. The van der Waals surface area contributed by atoms with E-state index in [0.717, 1.165) is 93.0 Å². The van der Waals surface area contributed by atoms with E-state index >= 15 is 0 Å². The monoisotopic (exact) mass is 706 g/mol. The molecule has 0 amide bonds. The van der Waals surface area contributed by atoms with Crippen LogP contribution in [0.3, 0.4) is 0 Å². The summed E-state index contributed by atoms with van der Waals surface area (Å²) >= 11 is 1.73. The Bertz CT molecular complexity index is 1980. The zero-order valence-electron chi connectivity index (χ0n) is 28.4. The zero-order chi connectivity index (χ0) is 34.7. The van der Waals surface area contributed by atoms with Gasteiger partial charge >= 0.3 is 0 Å². The number of benzene rings is 5. The van der Waals surface area contributed by atoms with Crippen LogP contribution in [-0.4, -0.2) is 39.0 Å². The van der Waals surface area contributed by atoms with Crippen LogP contribution in [0.25, 0.3) is 11.1 Å². The maximum absolute atomic E-state index is 12.7. The molecule has 0 saturated heterocycles. The second-order valence-electron chi connectivity index (χ2n) is 12.9. The van der Waals surface area contributed by atoms with Gasteiger partial charge in [-0.25, -0.2) is 0 Å². The molecule has 50 heavy (non-hydrogen) atoms. The van der Waals surface area contributed by atoms with Crippen molar-refractivity contribution in [2.24, 2.45) is 5.92 Å². The summed E-state index contributed by atoms with van der Waals surface area (Å²) in [5, 5.41) is -0.761. The van der Waals surface area contributed by atoms with Gasteiger partial charge in [-0.3, -0.25) is 4.55 Å². The molecular formula is C41H42N2O5S2. The average molecular weight is 707 g/mol. The quantitative estimate of drug-likeness (QED) is 0.136. The van der Waals surface area contributed by atoms with Gasteiger partial charge in [0.2, 0.25) is 0 Å². The third-order valence-electron chi connectivity index (χ3n) is 9.94. The highest BCUT2D eigenvalue weighted by Gasteiger charge is 2.34. The van der Waals surface area contributed by atoms with Gasteiger partial charge in [0.25, 0.3) is 10.1 Å². The molecule has 0 aromatic heterocycles. The molecule has 1 aliphatic carbocycles. The third-order valence-corrected chi connectivity index (χ3v) is 12.5. The third kappa shape index (κ3) is 7.22. The minimum absolute atomic E-state index is 0.00660. The molecule has 1 unspecified atom stereocenters. The van der Waals surface area contributed by atoms with Gasteiger partial charge in [0.15, 0.2) is 0 Å². The standard InChI is InChI=1S/C41H42N2O5S2/c1-47-35-21-17-33(18-22-35)43(34-19-23-36(48-2)24-20-34)32-15-12-29(13-16-32)31-14-25-40-38(28-31)42(37-10-6-7-11-39(37)49-40)27-26-41(50(44,45)46)30-8-4-3-5-9-30/h6-7,10-25,28,30,41H,3-5,8-9,26-27H2,1-2H3,(H,44,45,46). The van der Waals surface area contributed by atoms with E-state index in [2.05, 4.69) is 64.4 Å². The van der Waals surface area contributed by atoms with Gasteiger partial charge in [-0.1, -0.05) is 61.4 Å². The summed E-state index contributed by atoms with van der Waals surface area (Å²) in [5.41, 5.74) is 7.26. The number of para-hydroxylation sites is 1. The van der Waals surface area contributed by atoms with Crippen LogP contribution in [0.15, 0.2) is 125 Å². The molecule has 5 aromatic rings. The van der Waals surface area contributed by atoms with E-state index < -0.39 is 15.4 Å². The van der Waals surface area contributed by atoms with E-state index in [4.69, 9.17) is 9.47 Å². The number of hydrogen-bond acceptors (Lipinski definition) is 7. The van der Waals surface area contributed by atoms with Gasteiger partial charge in [-0.15, -0.1) is 0 Å². The number of methoxy groups -OCH3 is 2. The van der Waals surface area contributed by atoms with Crippen molar-refractivity contribution in [3.05, 3.63) is 115 Å². The summed E-state index contributed by atoms with van der Waals surface area (Å²) in [7, 11) is -0.845. The molecule has 0 spiro atoms. The van der Waals surface area contributed by atoms with E-state index in [1.54, 1.807) is 26.0 Å². The largest absolute Gasteiger partial charge is 0.497 e. The summed E-state index contributed by atoms with van der Waals surface area (Å²) in [6.07, 6.45) is 5.23. The first-order valence-corrected chi connectivity index (χ1v) is 19.5. The van der Waals surface area contributed by atoms with E-state index in [9.17, 15) is 13.0 Å². The molecule has 7 rings (SSSR count). The summed E-state index contributed by atoms with van der Waals surface area (Å²) in [6.45, 7) is 0.493. The number of anilines is 5. The Morgan fingerprint density at radius 2 is 1.26 bits per heavy atom. The molecule has 1 heterocycles. The topological polar surface area (TPSA) is 79.3 Å². The lowest BCUT2D eigenvalue weighted by molar-refractivity contribution is 0.320. The normalized spacial score (nSPS) is 15.1. The number of fused-ring (bicyclic) bond motifs is 2. The van der Waals surface area contributed by atoms with Crippen molar-refractivity contribution < 1.29 is 22.4 Å². The first kappa shape index (κ1) is 34.0. The molecular weight excluding hydrogens is 665 g/mol. The lowest BCUT2D eigenvalue weighted by Gasteiger charge is -2.35. The lowest BCUT2D eigenvalue weighted by Crippen LogP contribution is -2.35. The Kier molecular flexibility index (Phi) is 10.1. The van der Waals surface area contributed by atoms with Crippen LogP contribution in [0.5, 0.6) is 11.5 Å². The maximum Gasteiger partial charge on any atom is 0.268 e. The zero-order valence-corrected chi connectivity index (χ0v) is 30.0. The molecule has 1 fully saturated rings. The molecule has 2 aliphatic rings. The van der Waals surface area contributed by atoms with Crippen LogP contribution >= 0.6 is 11.8 Å². The maximum atomic E-state index is 12.7. The molecule has 1 atom stereocenters. The number of nitrogens with zero attached hydrogens (tertiary/aromatic N) is 2. The van der Waals surface area contributed by atoms with E-state index in [-0.39, 0.29) is 5.92 Å². The van der Waals surface area contributed by atoms with Gasteiger partial charge in [0, 0.05) is 33.4 Å². The first-order chi connectivity index (χ1) is 24.3. The Hall–Kier alpha value is -4.44. The van der Waals surface area contributed by atoms with Crippen LogP contribution in [0, 0.1) is 5.92 Å². The summed E-state index contributed by atoms with van der Waals surface area (Å²) in [5.74, 6) is 1.58. The van der Waals surface area contributed by atoms with Crippen LogP contribution in [0.1, 0.15) is 38.5 Å². The molecule has 0 bridgehead atoms. The van der Waals surface area contributed by atoms with Gasteiger partial charge in [-0.05, 0) is 121 Å². The average Bonchev–Trinajstić information content (AvgIpc) is 3.15. The fourth-order valence-corrected chi connectivity index (χ4v) is 9.59. The molecule has 9 heteroatoms. The SMILES string of the molecule is COc1ccc(N(c2ccc(OC)cc2)c2ccc(-c3ccc4c(c3)N(CCC(C3CCCCC3)S(=O)(=O)O)c3ccccc3S4)cc2)cc1. The van der Waals surface area contributed by atoms with E-state index in [0.29, 0.717) is 13.0 Å². The van der Waals surface area contributed by atoms with E-state index in [1.165, 1.54) is 0 Å². The summed E-state index contributed by atoms with van der Waals surface area (Å²) < 4.78 is 46.5. The second kappa shape index (κ2) is 14.8. The van der Waals surface area contributed by atoms with Crippen molar-refractivity contribution in [2.75, 3.05) is 30.6 Å². The highest BCUT2D eigenvalue weighted by Crippen LogP contribution is 2.49. The lowest BCUT2D eigenvalue weighted by atomic mass is 9.85. The molecule has 7 nitrogen and oxygen atoms in total. The van der Waals surface area contributed by atoms with Crippen molar-refractivity contribution in [2.45, 2.75) is 53.6 Å². The molecule has 0 radical (unpaired) electrons. The molecule has 5 aromatic carbocycles. The second-order valence-corrected chi connectivity index (χ2v) is 15.6. The number of hydrogen-bond donors (Lipinski definition) is 1. The van der Waals surface area contributed by atoms with Crippen LogP contribution in [-0.2, 0) is 10.1 Å². The van der Waals surface area contributed by atoms with Crippen LogP contribution in [0.2, 0.25) is 0 Å². The van der Waals surface area contributed by atoms with Crippen molar-refractivity contribution >= 4 is 50.3 Å². The van der Waals surface area contributed by atoms with Crippen molar-refractivity contribution in [3.8, 4) is 22.6 Å². The van der Waals surface area contributed by atoms with Gasteiger partial charge in [0.05, 0.1) is 30.8 Å². The Balaban J connectivity index is 1.20. The first-order valence-electron chi connectivity index (χ1n) is 17.2. The summed E-state index contributed by atoms with van der Waals surface area (Å²) in [4.78, 5) is 6.70. The number of rotatable bonds is 11. The predicted octanol–water partition coefficient (Wildman–Crippen LogP) is 10.7. The fraction of sp³-hybridized carbons (Fsp3) is 0.268. The summed E-state index contributed by atoms with van der Waals surface area (Å²) in [6, 6.07) is 39.4. The van der Waals surface area contributed by atoms with Gasteiger partial charge in [-0.2, -0.15) is 8.42 Å². The smallest absolute Gasteiger partial charge is 0.268 e. The van der Waals surface area contributed by atoms with Gasteiger partial charge < -0.3 is 19.3 Å². The van der Waals surface area contributed by atoms with E-state index in [1.807, 2.05) is 60.7 Å². The Labute approximate surface area is 299 Å². The molecule has 1 saturated carbocycles. The molecule has 1 N–H and O–H groups in total. The van der Waals surface area contributed by atoms with Crippen LogP contribution in [0.4, 0.5) is 28.4 Å². The predicted molar refractivity (Wildman–Crippen MR) is 204 cm³/mol. The van der Waals surface area contributed by atoms with Crippen molar-refractivity contribution in [1.82, 2.24) is 0 Å². The molecule has 1 aliphatic heterocycles. The Morgan fingerprint density at radius 1 is 0.720 bits per heavy atom. The van der Waals surface area contributed by atoms with Crippen molar-refractivity contribution in [1.29, 1.82) is 0 Å². The fourth-order valence-electron chi connectivity index (χ4n) is 7.35. The highest BCUT2D eigenvalue weighted by molar-refractivity contribution is 7.99. The minimum Gasteiger partial charge on any atom is -0.497 e. The van der Waals surface area contributed by atoms with Crippen molar-refractivity contribution in [3.63, 3.8) is 0 Å². The Morgan fingerprint density at radius 3 is 1.84 bits per heavy atom. The number of ether oxygens (including phenoxy) is 2. The van der Waals surface area contributed by atoms with Crippen LogP contribution < -0.4 is 19.3 Å². The highest BCUT2D eigenvalue weighted by atomic mass is 32.2. The minimum atomic E-state index is -4.18. The van der Waals surface area contributed by atoms with Gasteiger partial charge in [0.1, 0.15) is 11.5 Å².